The van der Waals surface area contributed by atoms with E-state index in [-0.39, 0.29) is 11.7 Å². The van der Waals surface area contributed by atoms with E-state index in [1.54, 1.807) is 42.3 Å². The number of aliphatic hydroxyl groups is 1. The first-order chi connectivity index (χ1) is 14.5. The van der Waals surface area contributed by atoms with Gasteiger partial charge in [-0.15, -0.1) is 0 Å². The molecule has 0 spiro atoms. The molecule has 0 aliphatic rings. The van der Waals surface area contributed by atoms with Gasteiger partial charge in [-0.3, -0.25) is 4.79 Å². The number of aliphatic hydroxyl groups excluding tert-OH is 1. The van der Waals surface area contributed by atoms with E-state index in [4.69, 9.17) is 4.42 Å². The van der Waals surface area contributed by atoms with Crippen LogP contribution in [-0.2, 0) is 0 Å². The van der Waals surface area contributed by atoms with E-state index in [0.717, 1.165) is 5.56 Å². The summed E-state index contributed by atoms with van der Waals surface area (Å²) in [4.78, 5) is 18.8. The number of aromatic nitrogens is 1. The topological polar surface area (TPSA) is 66.6 Å². The van der Waals surface area contributed by atoms with Gasteiger partial charge in [0.15, 0.2) is 5.58 Å². The van der Waals surface area contributed by atoms with Gasteiger partial charge in [-0.2, -0.15) is 0 Å². The molecule has 1 aromatic heterocycles. The molecule has 152 valence electrons. The average molecular weight is 404 g/mol. The van der Waals surface area contributed by atoms with Gasteiger partial charge in [-0.05, 0) is 48.4 Å². The number of amides is 1. The summed E-state index contributed by atoms with van der Waals surface area (Å²) in [5, 5.41) is 10.3. The first-order valence-electron chi connectivity index (χ1n) is 9.66. The van der Waals surface area contributed by atoms with E-state index in [1.807, 2.05) is 30.3 Å². The predicted molar refractivity (Wildman–Crippen MR) is 112 cm³/mol. The Balaban J connectivity index is 1.47. The summed E-state index contributed by atoms with van der Waals surface area (Å²) in [5.41, 5.74) is 2.88. The fourth-order valence-electron chi connectivity index (χ4n) is 3.29. The van der Waals surface area contributed by atoms with Gasteiger partial charge in [0.1, 0.15) is 11.3 Å². The number of hydrogen-bond donors (Lipinski definition) is 1. The number of halogens is 1. The zero-order chi connectivity index (χ0) is 21.1. The highest BCUT2D eigenvalue weighted by atomic mass is 19.1. The molecule has 4 rings (SSSR count). The molecule has 0 bridgehead atoms. The molecule has 6 heteroatoms. The Kier molecular flexibility index (Phi) is 5.59. The highest BCUT2D eigenvalue weighted by Crippen LogP contribution is 2.26. The summed E-state index contributed by atoms with van der Waals surface area (Å²) in [6, 6.07) is 20.4. The summed E-state index contributed by atoms with van der Waals surface area (Å²) >= 11 is 0. The van der Waals surface area contributed by atoms with Crippen LogP contribution in [0.25, 0.3) is 22.6 Å². The molecule has 1 atom stereocenters. The monoisotopic (exact) mass is 404 g/mol. The van der Waals surface area contributed by atoms with Crippen molar-refractivity contribution in [3.8, 4) is 11.5 Å². The molecule has 0 saturated heterocycles. The molecule has 0 saturated carbocycles. The van der Waals surface area contributed by atoms with Gasteiger partial charge in [0, 0.05) is 24.7 Å². The number of nitrogens with zero attached hydrogens (tertiary/aromatic N) is 2. The van der Waals surface area contributed by atoms with Gasteiger partial charge >= 0.3 is 0 Å². The first-order valence-corrected chi connectivity index (χ1v) is 9.66. The lowest BCUT2D eigenvalue weighted by molar-refractivity contribution is 0.0761. The summed E-state index contributed by atoms with van der Waals surface area (Å²) in [7, 11) is 1.70. The van der Waals surface area contributed by atoms with Gasteiger partial charge in [0.05, 0.1) is 6.10 Å². The number of carbonyl (C=O) groups is 1. The first kappa shape index (κ1) is 19.8. The molecule has 4 aromatic rings. The maximum absolute atomic E-state index is 13.5. The second-order valence-electron chi connectivity index (χ2n) is 7.15. The van der Waals surface area contributed by atoms with Crippen molar-refractivity contribution in [3.05, 3.63) is 89.7 Å². The van der Waals surface area contributed by atoms with Crippen LogP contribution >= 0.6 is 0 Å². The number of carbonyl (C=O) groups excluding carboxylic acids is 1. The Bertz CT molecular complexity index is 1170. The van der Waals surface area contributed by atoms with Gasteiger partial charge in [0.2, 0.25) is 5.89 Å². The lowest BCUT2D eigenvalue weighted by Gasteiger charge is -2.19. The number of rotatable bonds is 6. The van der Waals surface area contributed by atoms with Crippen LogP contribution < -0.4 is 0 Å². The largest absolute Gasteiger partial charge is 0.436 e. The van der Waals surface area contributed by atoms with Crippen molar-refractivity contribution in [3.63, 3.8) is 0 Å². The van der Waals surface area contributed by atoms with Crippen LogP contribution in [0.1, 0.15) is 28.4 Å². The van der Waals surface area contributed by atoms with Crippen molar-refractivity contribution in [2.75, 3.05) is 13.6 Å². The SMILES string of the molecule is CN(CCC(O)c1ccccc1)C(=O)c1ccc2oc(-c3cccc(F)c3)nc2c1. The fraction of sp³-hybridized carbons (Fsp3) is 0.167. The van der Waals surface area contributed by atoms with Crippen LogP contribution in [0.3, 0.4) is 0 Å². The second-order valence-corrected chi connectivity index (χ2v) is 7.15. The standard InChI is InChI=1S/C24H21FN2O3/c1-27(13-12-21(28)16-6-3-2-4-7-16)24(29)18-10-11-22-20(15-18)26-23(30-22)17-8-5-9-19(25)14-17/h2-11,14-15,21,28H,12-13H2,1H3. The van der Waals surface area contributed by atoms with E-state index in [0.29, 0.717) is 41.1 Å². The molecule has 1 unspecified atom stereocenters. The van der Waals surface area contributed by atoms with Crippen LogP contribution in [0.15, 0.2) is 77.2 Å². The van der Waals surface area contributed by atoms with Crippen LogP contribution in [0, 0.1) is 5.82 Å². The quantitative estimate of drug-likeness (QED) is 0.500. The minimum Gasteiger partial charge on any atom is -0.436 e. The van der Waals surface area contributed by atoms with Crippen LogP contribution in [0.2, 0.25) is 0 Å². The Morgan fingerprint density at radius 2 is 1.90 bits per heavy atom. The highest BCUT2D eigenvalue weighted by Gasteiger charge is 2.17. The van der Waals surface area contributed by atoms with Gasteiger partial charge < -0.3 is 14.4 Å². The molecular weight excluding hydrogens is 383 g/mol. The molecule has 1 heterocycles. The molecule has 30 heavy (non-hydrogen) atoms. The van der Waals surface area contributed by atoms with E-state index in [9.17, 15) is 14.3 Å². The third kappa shape index (κ3) is 4.23. The number of fused-ring (bicyclic) bond motifs is 1. The van der Waals surface area contributed by atoms with Crippen molar-refractivity contribution in [2.24, 2.45) is 0 Å². The van der Waals surface area contributed by atoms with Crippen molar-refractivity contribution >= 4 is 17.0 Å². The van der Waals surface area contributed by atoms with E-state index in [1.165, 1.54) is 12.1 Å². The molecule has 0 radical (unpaired) electrons. The van der Waals surface area contributed by atoms with Gasteiger partial charge in [-0.1, -0.05) is 36.4 Å². The molecule has 0 aliphatic heterocycles. The number of oxazole rings is 1. The summed E-state index contributed by atoms with van der Waals surface area (Å²) in [6.45, 7) is 0.403. The van der Waals surface area contributed by atoms with Crippen molar-refractivity contribution in [1.29, 1.82) is 0 Å². The van der Waals surface area contributed by atoms with Gasteiger partial charge in [0.25, 0.3) is 5.91 Å². The van der Waals surface area contributed by atoms with Crippen LogP contribution in [0.5, 0.6) is 0 Å². The van der Waals surface area contributed by atoms with Crippen molar-refractivity contribution < 1.29 is 18.7 Å². The van der Waals surface area contributed by atoms with Crippen LogP contribution in [0.4, 0.5) is 4.39 Å². The molecule has 5 nitrogen and oxygen atoms in total. The Labute approximate surface area is 173 Å². The normalized spacial score (nSPS) is 12.1. The van der Waals surface area contributed by atoms with Crippen LogP contribution in [-0.4, -0.2) is 34.5 Å². The lowest BCUT2D eigenvalue weighted by Crippen LogP contribution is -2.28. The van der Waals surface area contributed by atoms with E-state index in [2.05, 4.69) is 4.98 Å². The van der Waals surface area contributed by atoms with Gasteiger partial charge in [-0.25, -0.2) is 9.37 Å². The highest BCUT2D eigenvalue weighted by molar-refractivity contribution is 5.97. The van der Waals surface area contributed by atoms with E-state index >= 15 is 0 Å². The summed E-state index contributed by atoms with van der Waals surface area (Å²) in [6.07, 6.45) is -0.198. The number of hydrogen-bond acceptors (Lipinski definition) is 4. The second kappa shape index (κ2) is 8.47. The zero-order valence-electron chi connectivity index (χ0n) is 16.5. The van der Waals surface area contributed by atoms with E-state index < -0.39 is 6.10 Å². The smallest absolute Gasteiger partial charge is 0.253 e. The van der Waals surface area contributed by atoms with Crippen molar-refractivity contribution in [1.82, 2.24) is 9.88 Å². The number of benzene rings is 3. The zero-order valence-corrected chi connectivity index (χ0v) is 16.5. The molecule has 0 aliphatic carbocycles. The third-order valence-corrected chi connectivity index (χ3v) is 4.98. The molecule has 1 amide bonds. The minimum absolute atomic E-state index is 0.174. The maximum atomic E-state index is 13.5. The van der Waals surface area contributed by atoms with Crippen molar-refractivity contribution in [2.45, 2.75) is 12.5 Å². The molecule has 1 N–H and O–H groups in total. The Morgan fingerprint density at radius 3 is 2.67 bits per heavy atom. The summed E-state index contributed by atoms with van der Waals surface area (Å²) in [5.74, 6) is -0.245. The maximum Gasteiger partial charge on any atom is 0.253 e. The summed E-state index contributed by atoms with van der Waals surface area (Å²) < 4.78 is 19.2. The Morgan fingerprint density at radius 1 is 1.10 bits per heavy atom. The molecule has 3 aromatic carbocycles. The average Bonchev–Trinajstić information content (AvgIpc) is 3.21. The lowest BCUT2D eigenvalue weighted by atomic mass is 10.1. The molecule has 0 fully saturated rings. The fourth-order valence-corrected chi connectivity index (χ4v) is 3.29. The predicted octanol–water partition coefficient (Wildman–Crippen LogP) is 4.83. The molecular formula is C24H21FN2O3. The Hall–Kier alpha value is -3.51. The minimum atomic E-state index is -0.631. The third-order valence-electron chi connectivity index (χ3n) is 4.98.